The number of halogens is 1. The highest BCUT2D eigenvalue weighted by atomic mass is 19.1. The summed E-state index contributed by atoms with van der Waals surface area (Å²) in [4.78, 5) is 33.0. The van der Waals surface area contributed by atoms with E-state index in [0.29, 0.717) is 37.6 Å². The fourth-order valence-electron chi connectivity index (χ4n) is 3.46. The Kier molecular flexibility index (Phi) is 5.47. The molecule has 1 aliphatic heterocycles. The first-order valence-corrected chi connectivity index (χ1v) is 9.71. The maximum absolute atomic E-state index is 13.2. The molecule has 0 aliphatic carbocycles. The van der Waals surface area contributed by atoms with Gasteiger partial charge in [-0.3, -0.25) is 9.36 Å². The molecule has 2 aromatic carbocycles. The van der Waals surface area contributed by atoms with E-state index in [2.05, 4.69) is 10.3 Å². The molecule has 0 unspecified atom stereocenters. The molecule has 1 N–H and O–H groups in total. The van der Waals surface area contributed by atoms with Gasteiger partial charge in [0.05, 0.1) is 12.5 Å². The zero-order valence-corrected chi connectivity index (χ0v) is 16.6. The van der Waals surface area contributed by atoms with E-state index in [-0.39, 0.29) is 17.8 Å². The molecule has 1 aliphatic rings. The van der Waals surface area contributed by atoms with Crippen LogP contribution in [0.2, 0.25) is 0 Å². The molecular formula is C22H22FN5O2. The number of aromatic nitrogens is 2. The first kappa shape index (κ1) is 19.6. The third-order valence-electron chi connectivity index (χ3n) is 5.09. The summed E-state index contributed by atoms with van der Waals surface area (Å²) in [6.45, 7) is 3.70. The summed E-state index contributed by atoms with van der Waals surface area (Å²) < 4.78 is 14.8. The standard InChI is InChI=1S/C22H22FN5O2/c1-16-3-2-4-18(13-16)25-22(30)27-11-9-26(10-12-27)21(29)20-14-24-15-28(20)19-7-5-17(23)6-8-19/h2-8,13-15H,9-12H2,1H3,(H,25,30). The van der Waals surface area contributed by atoms with Crippen LogP contribution >= 0.6 is 0 Å². The third kappa shape index (κ3) is 4.17. The van der Waals surface area contributed by atoms with Crippen molar-refractivity contribution in [3.8, 4) is 5.69 Å². The normalized spacial score (nSPS) is 13.9. The van der Waals surface area contributed by atoms with Crippen LogP contribution in [0.15, 0.2) is 61.1 Å². The summed E-state index contributed by atoms with van der Waals surface area (Å²) in [6.07, 6.45) is 3.04. The van der Waals surface area contributed by atoms with Gasteiger partial charge in [0.15, 0.2) is 0 Å². The maximum Gasteiger partial charge on any atom is 0.321 e. The predicted octanol–water partition coefficient (Wildman–Crippen LogP) is 3.31. The van der Waals surface area contributed by atoms with Gasteiger partial charge in [-0.1, -0.05) is 12.1 Å². The molecule has 0 bridgehead atoms. The summed E-state index contributed by atoms with van der Waals surface area (Å²) in [6, 6.07) is 13.3. The molecule has 8 heteroatoms. The fraction of sp³-hybridized carbons (Fsp3) is 0.227. The van der Waals surface area contributed by atoms with Crippen LogP contribution in [0.25, 0.3) is 5.69 Å². The molecule has 1 fully saturated rings. The van der Waals surface area contributed by atoms with Crippen molar-refractivity contribution in [3.63, 3.8) is 0 Å². The van der Waals surface area contributed by atoms with Crippen molar-refractivity contribution in [3.05, 3.63) is 78.1 Å². The van der Waals surface area contributed by atoms with Crippen molar-refractivity contribution in [2.45, 2.75) is 6.92 Å². The first-order chi connectivity index (χ1) is 14.5. The molecule has 0 atom stereocenters. The number of amides is 3. The minimum Gasteiger partial charge on any atom is -0.334 e. The van der Waals surface area contributed by atoms with E-state index in [1.165, 1.54) is 24.7 Å². The lowest BCUT2D eigenvalue weighted by Gasteiger charge is -2.34. The Morgan fingerprint density at radius 1 is 1.00 bits per heavy atom. The van der Waals surface area contributed by atoms with Crippen molar-refractivity contribution in [1.29, 1.82) is 0 Å². The van der Waals surface area contributed by atoms with Crippen molar-refractivity contribution in [2.75, 3.05) is 31.5 Å². The maximum atomic E-state index is 13.2. The van der Waals surface area contributed by atoms with Gasteiger partial charge in [-0.05, 0) is 48.9 Å². The second-order valence-corrected chi connectivity index (χ2v) is 7.20. The van der Waals surface area contributed by atoms with Gasteiger partial charge in [0.25, 0.3) is 5.91 Å². The minimum atomic E-state index is -0.341. The topological polar surface area (TPSA) is 70.5 Å². The number of benzene rings is 2. The zero-order chi connectivity index (χ0) is 21.1. The number of piperazine rings is 1. The Hall–Kier alpha value is -3.68. The number of carbonyl (C=O) groups excluding carboxylic acids is 2. The molecule has 3 amide bonds. The van der Waals surface area contributed by atoms with Crippen molar-refractivity contribution >= 4 is 17.6 Å². The quantitative estimate of drug-likeness (QED) is 0.724. The fourth-order valence-corrected chi connectivity index (χ4v) is 3.46. The number of hydrogen-bond donors (Lipinski definition) is 1. The first-order valence-electron chi connectivity index (χ1n) is 9.71. The van der Waals surface area contributed by atoms with Gasteiger partial charge in [-0.25, -0.2) is 14.2 Å². The SMILES string of the molecule is Cc1cccc(NC(=O)N2CCN(C(=O)c3cncn3-c3ccc(F)cc3)CC2)c1. The van der Waals surface area contributed by atoms with Gasteiger partial charge in [-0.15, -0.1) is 0 Å². The number of hydrogen-bond acceptors (Lipinski definition) is 3. The highest BCUT2D eigenvalue weighted by Gasteiger charge is 2.27. The van der Waals surface area contributed by atoms with Gasteiger partial charge in [0.2, 0.25) is 0 Å². The van der Waals surface area contributed by atoms with Crippen molar-refractivity contribution in [1.82, 2.24) is 19.4 Å². The summed E-state index contributed by atoms with van der Waals surface area (Å²) in [5.41, 5.74) is 2.88. The smallest absolute Gasteiger partial charge is 0.321 e. The molecule has 3 aromatic rings. The zero-order valence-electron chi connectivity index (χ0n) is 16.6. The lowest BCUT2D eigenvalue weighted by molar-refractivity contribution is 0.0663. The minimum absolute atomic E-state index is 0.171. The number of urea groups is 1. The van der Waals surface area contributed by atoms with E-state index < -0.39 is 0 Å². The number of rotatable bonds is 3. The highest BCUT2D eigenvalue weighted by Crippen LogP contribution is 2.16. The summed E-state index contributed by atoms with van der Waals surface area (Å²) in [5, 5.41) is 2.90. The number of carbonyl (C=O) groups is 2. The molecule has 0 saturated carbocycles. The van der Waals surface area contributed by atoms with Gasteiger partial charge >= 0.3 is 6.03 Å². The van der Waals surface area contributed by atoms with Crippen LogP contribution in [0.5, 0.6) is 0 Å². The molecule has 30 heavy (non-hydrogen) atoms. The van der Waals surface area contributed by atoms with Crippen LogP contribution in [-0.2, 0) is 0 Å². The van der Waals surface area contributed by atoms with Crippen LogP contribution in [0.1, 0.15) is 16.1 Å². The van der Waals surface area contributed by atoms with Crippen molar-refractivity contribution < 1.29 is 14.0 Å². The third-order valence-corrected chi connectivity index (χ3v) is 5.09. The molecule has 7 nitrogen and oxygen atoms in total. The average molecular weight is 407 g/mol. The van der Waals surface area contributed by atoms with E-state index in [9.17, 15) is 14.0 Å². The van der Waals surface area contributed by atoms with Crippen LogP contribution in [0, 0.1) is 12.7 Å². The van der Waals surface area contributed by atoms with Crippen LogP contribution in [-0.4, -0.2) is 57.5 Å². The summed E-state index contributed by atoms with van der Waals surface area (Å²) >= 11 is 0. The Morgan fingerprint density at radius 2 is 1.70 bits per heavy atom. The number of nitrogens with zero attached hydrogens (tertiary/aromatic N) is 4. The molecule has 0 spiro atoms. The van der Waals surface area contributed by atoms with Gasteiger partial charge in [-0.2, -0.15) is 0 Å². The van der Waals surface area contributed by atoms with E-state index in [1.54, 1.807) is 26.5 Å². The monoisotopic (exact) mass is 407 g/mol. The second-order valence-electron chi connectivity index (χ2n) is 7.20. The van der Waals surface area contributed by atoms with E-state index in [4.69, 9.17) is 0 Å². The lowest BCUT2D eigenvalue weighted by atomic mass is 10.2. The number of nitrogens with one attached hydrogen (secondary N) is 1. The summed E-state index contributed by atoms with van der Waals surface area (Å²) in [5.74, 6) is -0.512. The van der Waals surface area contributed by atoms with Crippen LogP contribution in [0.4, 0.5) is 14.9 Å². The van der Waals surface area contributed by atoms with E-state index in [0.717, 1.165) is 11.3 Å². The Morgan fingerprint density at radius 3 is 2.40 bits per heavy atom. The van der Waals surface area contributed by atoms with E-state index >= 15 is 0 Å². The average Bonchev–Trinajstić information content (AvgIpc) is 3.24. The molecule has 0 radical (unpaired) electrons. The van der Waals surface area contributed by atoms with E-state index in [1.807, 2.05) is 31.2 Å². The summed E-state index contributed by atoms with van der Waals surface area (Å²) in [7, 11) is 0. The molecule has 2 heterocycles. The molecule has 1 aromatic heterocycles. The van der Waals surface area contributed by atoms with Crippen LogP contribution in [0.3, 0.4) is 0 Å². The Bertz CT molecular complexity index is 1060. The molecule has 4 rings (SSSR count). The molecular weight excluding hydrogens is 385 g/mol. The predicted molar refractivity (Wildman–Crippen MR) is 111 cm³/mol. The number of imidazole rings is 1. The Labute approximate surface area is 173 Å². The molecule has 1 saturated heterocycles. The van der Waals surface area contributed by atoms with Crippen molar-refractivity contribution in [2.24, 2.45) is 0 Å². The van der Waals surface area contributed by atoms with Gasteiger partial charge in [0, 0.05) is 37.6 Å². The highest BCUT2D eigenvalue weighted by molar-refractivity contribution is 5.93. The number of anilines is 1. The largest absolute Gasteiger partial charge is 0.334 e. The Balaban J connectivity index is 1.39. The molecule has 154 valence electrons. The van der Waals surface area contributed by atoms with Crippen LogP contribution < -0.4 is 5.32 Å². The second kappa shape index (κ2) is 8.36. The van der Waals surface area contributed by atoms with Gasteiger partial charge < -0.3 is 15.1 Å². The number of aryl methyl sites for hydroxylation is 1. The lowest BCUT2D eigenvalue weighted by Crippen LogP contribution is -2.51. The van der Waals surface area contributed by atoms with Gasteiger partial charge in [0.1, 0.15) is 11.5 Å².